The molecular formula is C16H23NO3. The summed E-state index contributed by atoms with van der Waals surface area (Å²) in [5, 5.41) is 2.95. The monoisotopic (exact) mass is 277 g/mol. The van der Waals surface area contributed by atoms with Crippen LogP contribution in [0.3, 0.4) is 0 Å². The maximum absolute atomic E-state index is 11.8. The highest BCUT2D eigenvalue weighted by molar-refractivity contribution is 5.81. The van der Waals surface area contributed by atoms with E-state index in [0.29, 0.717) is 0 Å². The first-order valence-corrected chi connectivity index (χ1v) is 6.76. The fourth-order valence-electron chi connectivity index (χ4n) is 2.02. The summed E-state index contributed by atoms with van der Waals surface area (Å²) in [6.07, 6.45) is 1.02. The van der Waals surface area contributed by atoms with Crippen molar-refractivity contribution in [3.8, 4) is 0 Å². The SMILES string of the molecule is COC(=O)CCC(=O)NC(C)(C)Cc1ccc(C)cc1. The molecule has 1 amide bonds. The summed E-state index contributed by atoms with van der Waals surface area (Å²) in [6.45, 7) is 6.00. The van der Waals surface area contributed by atoms with Gasteiger partial charge in [0.1, 0.15) is 0 Å². The van der Waals surface area contributed by atoms with Gasteiger partial charge in [0.25, 0.3) is 0 Å². The van der Waals surface area contributed by atoms with Crippen LogP contribution in [-0.4, -0.2) is 24.5 Å². The molecule has 0 aromatic heterocycles. The number of carbonyl (C=O) groups excluding carboxylic acids is 2. The number of methoxy groups -OCH3 is 1. The molecule has 0 saturated carbocycles. The van der Waals surface area contributed by atoms with Gasteiger partial charge in [0.15, 0.2) is 0 Å². The number of hydrogen-bond donors (Lipinski definition) is 1. The van der Waals surface area contributed by atoms with Crippen molar-refractivity contribution in [2.45, 2.75) is 45.6 Å². The van der Waals surface area contributed by atoms with Crippen LogP contribution in [0.4, 0.5) is 0 Å². The Morgan fingerprint density at radius 2 is 1.75 bits per heavy atom. The molecule has 0 bridgehead atoms. The number of aryl methyl sites for hydroxylation is 1. The Bertz CT molecular complexity index is 463. The van der Waals surface area contributed by atoms with Gasteiger partial charge in [0.2, 0.25) is 5.91 Å². The average molecular weight is 277 g/mol. The van der Waals surface area contributed by atoms with Crippen LogP contribution < -0.4 is 5.32 Å². The van der Waals surface area contributed by atoms with Gasteiger partial charge in [0.05, 0.1) is 13.5 Å². The largest absolute Gasteiger partial charge is 0.469 e. The van der Waals surface area contributed by atoms with Crippen molar-refractivity contribution in [3.63, 3.8) is 0 Å². The van der Waals surface area contributed by atoms with Crippen LogP contribution in [0, 0.1) is 6.92 Å². The van der Waals surface area contributed by atoms with Crippen molar-refractivity contribution >= 4 is 11.9 Å². The third-order valence-electron chi connectivity index (χ3n) is 3.03. The summed E-state index contributed by atoms with van der Waals surface area (Å²) in [5.74, 6) is -0.496. The average Bonchev–Trinajstić information content (AvgIpc) is 2.37. The summed E-state index contributed by atoms with van der Waals surface area (Å²) >= 11 is 0. The van der Waals surface area contributed by atoms with Crippen molar-refractivity contribution in [3.05, 3.63) is 35.4 Å². The van der Waals surface area contributed by atoms with Gasteiger partial charge in [0, 0.05) is 12.0 Å². The Labute approximate surface area is 120 Å². The van der Waals surface area contributed by atoms with E-state index in [1.165, 1.54) is 18.2 Å². The Kier molecular flexibility index (Phi) is 5.74. The fourth-order valence-corrected chi connectivity index (χ4v) is 2.02. The van der Waals surface area contributed by atoms with E-state index in [-0.39, 0.29) is 30.3 Å². The third-order valence-corrected chi connectivity index (χ3v) is 3.03. The fraction of sp³-hybridized carbons (Fsp3) is 0.500. The van der Waals surface area contributed by atoms with Crippen LogP contribution in [0.1, 0.15) is 37.8 Å². The van der Waals surface area contributed by atoms with Gasteiger partial charge in [-0.2, -0.15) is 0 Å². The Hall–Kier alpha value is -1.84. The number of benzene rings is 1. The van der Waals surface area contributed by atoms with Crippen LogP contribution in [0.5, 0.6) is 0 Å². The standard InChI is InChI=1S/C16H23NO3/c1-12-5-7-13(8-6-12)11-16(2,3)17-14(18)9-10-15(19)20-4/h5-8H,9-11H2,1-4H3,(H,17,18). The minimum Gasteiger partial charge on any atom is -0.469 e. The van der Waals surface area contributed by atoms with E-state index in [9.17, 15) is 9.59 Å². The third kappa shape index (κ3) is 5.87. The van der Waals surface area contributed by atoms with E-state index >= 15 is 0 Å². The highest BCUT2D eigenvalue weighted by Gasteiger charge is 2.21. The quantitative estimate of drug-likeness (QED) is 0.812. The maximum Gasteiger partial charge on any atom is 0.306 e. The van der Waals surface area contributed by atoms with Crippen molar-refractivity contribution in [2.75, 3.05) is 7.11 Å². The first kappa shape index (κ1) is 16.2. The minimum atomic E-state index is -0.364. The molecule has 0 saturated heterocycles. The number of hydrogen-bond acceptors (Lipinski definition) is 3. The van der Waals surface area contributed by atoms with E-state index < -0.39 is 0 Å². The molecule has 4 nitrogen and oxygen atoms in total. The van der Waals surface area contributed by atoms with Crippen LogP contribution in [0.25, 0.3) is 0 Å². The van der Waals surface area contributed by atoms with Crippen LogP contribution in [0.2, 0.25) is 0 Å². The molecule has 0 aliphatic rings. The minimum absolute atomic E-state index is 0.114. The molecule has 0 spiro atoms. The normalized spacial score (nSPS) is 11.0. The maximum atomic E-state index is 11.8. The van der Waals surface area contributed by atoms with Gasteiger partial charge in [-0.05, 0) is 32.8 Å². The van der Waals surface area contributed by atoms with E-state index in [1.54, 1.807) is 0 Å². The highest BCUT2D eigenvalue weighted by Crippen LogP contribution is 2.14. The molecule has 1 rings (SSSR count). The zero-order valence-corrected chi connectivity index (χ0v) is 12.7. The molecule has 0 radical (unpaired) electrons. The predicted molar refractivity (Wildman–Crippen MR) is 78.4 cm³/mol. The smallest absolute Gasteiger partial charge is 0.306 e. The number of nitrogens with one attached hydrogen (secondary N) is 1. The van der Waals surface area contributed by atoms with Crippen LogP contribution in [-0.2, 0) is 20.7 Å². The van der Waals surface area contributed by atoms with Gasteiger partial charge < -0.3 is 10.1 Å². The second-order valence-electron chi connectivity index (χ2n) is 5.67. The lowest BCUT2D eigenvalue weighted by atomic mass is 9.94. The Balaban J connectivity index is 2.49. The summed E-state index contributed by atoms with van der Waals surface area (Å²) in [5.41, 5.74) is 2.05. The van der Waals surface area contributed by atoms with Crippen molar-refractivity contribution < 1.29 is 14.3 Å². The zero-order chi connectivity index (χ0) is 15.2. The van der Waals surface area contributed by atoms with E-state index in [0.717, 1.165) is 6.42 Å². The molecule has 1 aromatic rings. The number of amides is 1. The molecule has 0 aliphatic heterocycles. The summed E-state index contributed by atoms with van der Waals surface area (Å²) in [6, 6.07) is 8.25. The van der Waals surface area contributed by atoms with Gasteiger partial charge in [-0.1, -0.05) is 29.8 Å². The summed E-state index contributed by atoms with van der Waals surface area (Å²) in [7, 11) is 1.32. The number of rotatable bonds is 6. The van der Waals surface area contributed by atoms with Crippen molar-refractivity contribution in [1.29, 1.82) is 0 Å². The van der Waals surface area contributed by atoms with E-state index in [2.05, 4.69) is 34.3 Å². The van der Waals surface area contributed by atoms with Gasteiger partial charge in [-0.25, -0.2) is 0 Å². The predicted octanol–water partition coefficient (Wildman–Crippen LogP) is 2.39. The molecule has 1 N–H and O–H groups in total. The topological polar surface area (TPSA) is 55.4 Å². The second kappa shape index (κ2) is 7.08. The van der Waals surface area contributed by atoms with Crippen molar-refractivity contribution in [1.82, 2.24) is 5.32 Å². The molecule has 0 unspecified atom stereocenters. The lowest BCUT2D eigenvalue weighted by molar-refractivity contribution is -0.142. The second-order valence-corrected chi connectivity index (χ2v) is 5.67. The molecule has 0 fully saturated rings. The number of carbonyl (C=O) groups is 2. The molecule has 0 atom stereocenters. The van der Waals surface area contributed by atoms with E-state index in [4.69, 9.17) is 0 Å². The van der Waals surface area contributed by atoms with Crippen LogP contribution >= 0.6 is 0 Å². The Morgan fingerprint density at radius 1 is 1.15 bits per heavy atom. The van der Waals surface area contributed by atoms with Crippen LogP contribution in [0.15, 0.2) is 24.3 Å². The number of esters is 1. The van der Waals surface area contributed by atoms with Gasteiger partial charge in [-0.3, -0.25) is 9.59 Å². The van der Waals surface area contributed by atoms with E-state index in [1.807, 2.05) is 20.8 Å². The molecular weight excluding hydrogens is 254 g/mol. The molecule has 0 heterocycles. The summed E-state index contributed by atoms with van der Waals surface area (Å²) < 4.78 is 4.52. The molecule has 0 aliphatic carbocycles. The van der Waals surface area contributed by atoms with Gasteiger partial charge in [-0.15, -0.1) is 0 Å². The van der Waals surface area contributed by atoms with Gasteiger partial charge >= 0.3 is 5.97 Å². The number of ether oxygens (including phenoxy) is 1. The summed E-state index contributed by atoms with van der Waals surface area (Å²) in [4.78, 5) is 22.8. The molecule has 110 valence electrons. The molecule has 4 heteroatoms. The first-order chi connectivity index (χ1) is 9.32. The Morgan fingerprint density at radius 3 is 2.30 bits per heavy atom. The lowest BCUT2D eigenvalue weighted by Gasteiger charge is -2.26. The lowest BCUT2D eigenvalue weighted by Crippen LogP contribution is -2.45. The molecule has 1 aromatic carbocycles. The zero-order valence-electron chi connectivity index (χ0n) is 12.7. The first-order valence-electron chi connectivity index (χ1n) is 6.76. The van der Waals surface area contributed by atoms with Crippen molar-refractivity contribution in [2.24, 2.45) is 0 Å². The highest BCUT2D eigenvalue weighted by atomic mass is 16.5. The molecule has 20 heavy (non-hydrogen) atoms.